The van der Waals surface area contributed by atoms with Gasteiger partial charge in [0, 0.05) is 6.07 Å². The lowest BCUT2D eigenvalue weighted by Gasteiger charge is -2.06. The molecule has 0 aliphatic carbocycles. The number of hydrogen-bond donors (Lipinski definition) is 0. The molecule has 0 aliphatic rings. The summed E-state index contributed by atoms with van der Waals surface area (Å²) in [5.41, 5.74) is 2.83. The van der Waals surface area contributed by atoms with E-state index >= 15 is 0 Å². The first kappa shape index (κ1) is 16.4. The third kappa shape index (κ3) is 6.46. The van der Waals surface area contributed by atoms with Crippen LogP contribution in [0.5, 0.6) is 11.5 Å². The number of benzene rings is 1. The van der Waals surface area contributed by atoms with Gasteiger partial charge in [0.05, 0.1) is 7.11 Å². The van der Waals surface area contributed by atoms with Gasteiger partial charge in [-0.3, -0.25) is 0 Å². The fourth-order valence-corrected chi connectivity index (χ4v) is 1.76. The second-order valence-electron chi connectivity index (χ2n) is 4.98. The van der Waals surface area contributed by atoms with E-state index in [9.17, 15) is 0 Å². The summed E-state index contributed by atoms with van der Waals surface area (Å²) in [6, 6.07) is 7.69. The van der Waals surface area contributed by atoms with Gasteiger partial charge in [-0.15, -0.1) is 0 Å². The molecule has 0 spiro atoms. The molecule has 1 rings (SSSR count). The normalized spacial score (nSPS) is 12.4. The number of allylic oxidation sites excluding steroid dienone is 3. The fraction of sp³-hybridized carbons (Fsp3) is 0.444. The van der Waals surface area contributed by atoms with Crippen LogP contribution in [0.15, 0.2) is 47.6 Å². The van der Waals surface area contributed by atoms with Crippen LogP contribution in [-0.2, 0) is 0 Å². The maximum Gasteiger partial charge on any atom is 0.123 e. The van der Waals surface area contributed by atoms with Gasteiger partial charge >= 0.3 is 0 Å². The minimum absolute atomic E-state index is 0.607. The van der Waals surface area contributed by atoms with Gasteiger partial charge in [-0.25, -0.2) is 0 Å². The molecule has 0 aromatic heterocycles. The maximum atomic E-state index is 5.70. The van der Waals surface area contributed by atoms with E-state index in [1.807, 2.05) is 24.3 Å². The second kappa shape index (κ2) is 9.24. The van der Waals surface area contributed by atoms with E-state index < -0.39 is 0 Å². The molecule has 0 radical (unpaired) electrons. The van der Waals surface area contributed by atoms with Crippen LogP contribution in [0.25, 0.3) is 0 Å². The Labute approximate surface area is 123 Å². The predicted octanol–water partition coefficient (Wildman–Crippen LogP) is 5.16. The molecule has 0 saturated carbocycles. The van der Waals surface area contributed by atoms with Crippen molar-refractivity contribution in [2.75, 3.05) is 13.7 Å². The Morgan fingerprint density at radius 2 is 1.85 bits per heavy atom. The van der Waals surface area contributed by atoms with Crippen LogP contribution in [0.3, 0.4) is 0 Å². The Bertz CT molecular complexity index is 458. The van der Waals surface area contributed by atoms with Crippen LogP contribution >= 0.6 is 0 Å². The Kier molecular flexibility index (Phi) is 7.56. The third-order valence-corrected chi connectivity index (χ3v) is 3.31. The fourth-order valence-electron chi connectivity index (χ4n) is 1.76. The highest BCUT2D eigenvalue weighted by Crippen LogP contribution is 2.19. The zero-order valence-electron chi connectivity index (χ0n) is 13.1. The molecule has 20 heavy (non-hydrogen) atoms. The molecule has 2 nitrogen and oxygen atoms in total. The summed E-state index contributed by atoms with van der Waals surface area (Å²) < 4.78 is 10.9. The van der Waals surface area contributed by atoms with Crippen molar-refractivity contribution in [2.24, 2.45) is 0 Å². The van der Waals surface area contributed by atoms with Crippen LogP contribution < -0.4 is 9.47 Å². The molecular weight excluding hydrogens is 248 g/mol. The molecule has 0 saturated heterocycles. The molecule has 1 aromatic rings. The molecule has 2 heteroatoms. The Morgan fingerprint density at radius 3 is 2.55 bits per heavy atom. The highest BCUT2D eigenvalue weighted by molar-refractivity contribution is 5.32. The van der Waals surface area contributed by atoms with E-state index in [2.05, 4.69) is 32.9 Å². The zero-order valence-corrected chi connectivity index (χ0v) is 13.1. The van der Waals surface area contributed by atoms with Crippen molar-refractivity contribution < 1.29 is 9.47 Å². The lowest BCUT2D eigenvalue weighted by atomic mass is 10.1. The van der Waals surface area contributed by atoms with Crippen molar-refractivity contribution in [3.63, 3.8) is 0 Å². The molecule has 0 bridgehead atoms. The minimum atomic E-state index is 0.607. The predicted molar refractivity (Wildman–Crippen MR) is 85.5 cm³/mol. The summed E-state index contributed by atoms with van der Waals surface area (Å²) in [6.07, 6.45) is 7.82. The van der Waals surface area contributed by atoms with Gasteiger partial charge in [-0.05, 0) is 51.3 Å². The standard InChI is InChI=1S/C18H26O2/c1-5-15(2)8-6-9-16(3)12-13-20-18-11-7-10-17(14-18)19-4/h7-8,10-12,14H,5-6,9,13H2,1-4H3/b15-8-,16-12-. The summed E-state index contributed by atoms with van der Waals surface area (Å²) in [5, 5.41) is 0. The molecule has 110 valence electrons. The Hall–Kier alpha value is -1.70. The van der Waals surface area contributed by atoms with Crippen LogP contribution in [0, 0.1) is 0 Å². The SMILES string of the molecule is CC/C(C)=C\CC/C(C)=C\COc1cccc(OC)c1. The highest BCUT2D eigenvalue weighted by Gasteiger charge is 1.96. The molecule has 0 amide bonds. The second-order valence-corrected chi connectivity index (χ2v) is 4.98. The van der Waals surface area contributed by atoms with E-state index in [1.165, 1.54) is 11.1 Å². The van der Waals surface area contributed by atoms with Gasteiger partial charge in [-0.1, -0.05) is 30.2 Å². The summed E-state index contributed by atoms with van der Waals surface area (Å²) in [7, 11) is 1.66. The molecular formula is C18H26O2. The highest BCUT2D eigenvalue weighted by atomic mass is 16.5. The summed E-state index contributed by atoms with van der Waals surface area (Å²) >= 11 is 0. The molecule has 0 fully saturated rings. The topological polar surface area (TPSA) is 18.5 Å². The Balaban J connectivity index is 2.35. The molecule has 1 aromatic carbocycles. The van der Waals surface area contributed by atoms with Crippen molar-refractivity contribution in [2.45, 2.75) is 40.0 Å². The van der Waals surface area contributed by atoms with Crippen molar-refractivity contribution in [3.05, 3.63) is 47.6 Å². The molecule has 0 unspecified atom stereocenters. The average Bonchev–Trinajstić information content (AvgIpc) is 2.47. The van der Waals surface area contributed by atoms with E-state index in [0.717, 1.165) is 30.8 Å². The minimum Gasteiger partial charge on any atom is -0.497 e. The number of methoxy groups -OCH3 is 1. The van der Waals surface area contributed by atoms with Crippen molar-refractivity contribution in [3.8, 4) is 11.5 Å². The van der Waals surface area contributed by atoms with Crippen LogP contribution in [0.1, 0.15) is 40.0 Å². The van der Waals surface area contributed by atoms with Crippen LogP contribution in [-0.4, -0.2) is 13.7 Å². The van der Waals surface area contributed by atoms with Gasteiger partial charge in [0.1, 0.15) is 18.1 Å². The van der Waals surface area contributed by atoms with Crippen LogP contribution in [0.4, 0.5) is 0 Å². The molecule has 0 atom stereocenters. The van der Waals surface area contributed by atoms with Crippen molar-refractivity contribution >= 4 is 0 Å². The van der Waals surface area contributed by atoms with Crippen molar-refractivity contribution in [1.29, 1.82) is 0 Å². The van der Waals surface area contributed by atoms with Crippen molar-refractivity contribution in [1.82, 2.24) is 0 Å². The van der Waals surface area contributed by atoms with Gasteiger partial charge in [-0.2, -0.15) is 0 Å². The molecule has 0 N–H and O–H groups in total. The molecule has 0 aliphatic heterocycles. The monoisotopic (exact) mass is 274 g/mol. The summed E-state index contributed by atoms with van der Waals surface area (Å²) in [4.78, 5) is 0. The Morgan fingerprint density at radius 1 is 1.10 bits per heavy atom. The lowest BCUT2D eigenvalue weighted by Crippen LogP contribution is -1.95. The van der Waals surface area contributed by atoms with E-state index in [-0.39, 0.29) is 0 Å². The lowest BCUT2D eigenvalue weighted by molar-refractivity contribution is 0.355. The number of rotatable bonds is 8. The first-order chi connectivity index (χ1) is 9.65. The smallest absolute Gasteiger partial charge is 0.123 e. The van der Waals surface area contributed by atoms with E-state index in [4.69, 9.17) is 9.47 Å². The summed E-state index contributed by atoms with van der Waals surface area (Å²) in [6.45, 7) is 7.14. The van der Waals surface area contributed by atoms with E-state index in [1.54, 1.807) is 7.11 Å². The van der Waals surface area contributed by atoms with Gasteiger partial charge in [0.2, 0.25) is 0 Å². The maximum absolute atomic E-state index is 5.70. The third-order valence-electron chi connectivity index (χ3n) is 3.31. The first-order valence-electron chi connectivity index (χ1n) is 7.23. The molecule has 0 heterocycles. The number of ether oxygens (including phenoxy) is 2. The first-order valence-corrected chi connectivity index (χ1v) is 7.23. The van der Waals surface area contributed by atoms with Gasteiger partial charge < -0.3 is 9.47 Å². The largest absolute Gasteiger partial charge is 0.497 e. The number of hydrogen-bond acceptors (Lipinski definition) is 2. The summed E-state index contributed by atoms with van der Waals surface area (Å²) in [5.74, 6) is 1.67. The van der Waals surface area contributed by atoms with Crippen LogP contribution in [0.2, 0.25) is 0 Å². The quantitative estimate of drug-likeness (QED) is 0.610. The zero-order chi connectivity index (χ0) is 14.8. The van der Waals surface area contributed by atoms with Gasteiger partial charge in [0.25, 0.3) is 0 Å². The van der Waals surface area contributed by atoms with E-state index in [0.29, 0.717) is 6.61 Å². The average molecular weight is 274 g/mol. The van der Waals surface area contributed by atoms with Gasteiger partial charge in [0.15, 0.2) is 0 Å².